The Morgan fingerprint density at radius 2 is 2.00 bits per heavy atom. The fraction of sp³-hybridized carbons (Fsp3) is 0.0714. The van der Waals surface area contributed by atoms with Crippen LogP contribution in [0, 0.1) is 0 Å². The van der Waals surface area contributed by atoms with Crippen LogP contribution in [0.4, 0.5) is 5.69 Å². The summed E-state index contributed by atoms with van der Waals surface area (Å²) in [5.74, 6) is 0. The normalized spacial score (nSPS) is 11.0. The van der Waals surface area contributed by atoms with Crippen LogP contribution in [0.1, 0.15) is 0 Å². The largest absolute Gasteiger partial charge is 0.397 e. The van der Waals surface area contributed by atoms with Gasteiger partial charge in [0.1, 0.15) is 0 Å². The summed E-state index contributed by atoms with van der Waals surface area (Å²) in [5, 5.41) is 1.19. The molecule has 0 fully saturated rings. The molecule has 0 atom stereocenters. The summed E-state index contributed by atoms with van der Waals surface area (Å²) in [6, 6.07) is 12.2. The highest BCUT2D eigenvalue weighted by Gasteiger charge is 2.08. The van der Waals surface area contributed by atoms with Crippen molar-refractivity contribution < 1.29 is 0 Å². The van der Waals surface area contributed by atoms with Gasteiger partial charge in [-0.2, -0.15) is 0 Å². The van der Waals surface area contributed by atoms with Crippen molar-refractivity contribution in [1.29, 1.82) is 0 Å². The van der Waals surface area contributed by atoms with Gasteiger partial charge in [-0.15, -0.1) is 0 Å². The first kappa shape index (κ1) is 11.3. The Morgan fingerprint density at radius 1 is 1.17 bits per heavy atom. The van der Waals surface area contributed by atoms with Crippen molar-refractivity contribution in [2.24, 2.45) is 7.05 Å². The van der Waals surface area contributed by atoms with Gasteiger partial charge in [0.2, 0.25) is 0 Å². The van der Waals surface area contributed by atoms with Crippen molar-refractivity contribution in [3.05, 3.63) is 47.1 Å². The van der Waals surface area contributed by atoms with Gasteiger partial charge in [-0.1, -0.05) is 15.9 Å². The minimum absolute atomic E-state index is 0.681. The van der Waals surface area contributed by atoms with Gasteiger partial charge in [0, 0.05) is 22.4 Å². The molecule has 0 bridgehead atoms. The predicted molar refractivity (Wildman–Crippen MR) is 78.3 cm³/mol. The highest BCUT2D eigenvalue weighted by atomic mass is 79.9. The van der Waals surface area contributed by atoms with Crippen LogP contribution in [-0.2, 0) is 7.05 Å². The predicted octanol–water partition coefficient (Wildman–Crippen LogP) is 3.59. The molecule has 18 heavy (non-hydrogen) atoms. The molecule has 2 aromatic heterocycles. The second-order valence-electron chi connectivity index (χ2n) is 4.27. The number of aromatic nitrogens is 2. The summed E-state index contributed by atoms with van der Waals surface area (Å²) in [4.78, 5) is 4.37. The lowest BCUT2D eigenvalue weighted by molar-refractivity contribution is 0.970. The molecule has 0 amide bonds. The summed E-state index contributed by atoms with van der Waals surface area (Å²) >= 11 is 3.49. The van der Waals surface area contributed by atoms with Crippen LogP contribution in [0.25, 0.3) is 22.3 Å². The van der Waals surface area contributed by atoms with Crippen LogP contribution in [0.15, 0.2) is 47.1 Å². The van der Waals surface area contributed by atoms with Gasteiger partial charge in [-0.3, -0.25) is 4.98 Å². The second kappa shape index (κ2) is 4.14. The molecule has 3 rings (SSSR count). The number of pyridine rings is 1. The number of nitrogens with zero attached hydrogens (tertiary/aromatic N) is 2. The highest BCUT2D eigenvalue weighted by molar-refractivity contribution is 9.10. The molecule has 0 aliphatic heterocycles. The first-order valence-electron chi connectivity index (χ1n) is 5.62. The van der Waals surface area contributed by atoms with Gasteiger partial charge in [0.15, 0.2) is 0 Å². The summed E-state index contributed by atoms with van der Waals surface area (Å²) in [5.41, 5.74) is 9.55. The Hall–Kier alpha value is -1.81. The number of halogens is 1. The van der Waals surface area contributed by atoms with E-state index in [1.807, 2.05) is 25.2 Å². The van der Waals surface area contributed by atoms with Crippen molar-refractivity contribution in [1.82, 2.24) is 9.55 Å². The zero-order valence-corrected chi connectivity index (χ0v) is 11.5. The maximum absolute atomic E-state index is 5.66. The second-order valence-corrected chi connectivity index (χ2v) is 5.18. The molecule has 3 nitrogen and oxygen atoms in total. The van der Waals surface area contributed by atoms with Crippen LogP contribution in [-0.4, -0.2) is 9.55 Å². The van der Waals surface area contributed by atoms with E-state index in [1.165, 1.54) is 10.9 Å². The number of fused-ring (bicyclic) bond motifs is 1. The highest BCUT2D eigenvalue weighted by Crippen LogP contribution is 2.28. The smallest absolute Gasteiger partial charge is 0.0868 e. The van der Waals surface area contributed by atoms with Crippen LogP contribution in [0.2, 0.25) is 0 Å². The number of rotatable bonds is 1. The van der Waals surface area contributed by atoms with Gasteiger partial charge in [-0.05, 0) is 36.4 Å². The summed E-state index contributed by atoms with van der Waals surface area (Å²) < 4.78 is 3.22. The van der Waals surface area contributed by atoms with Gasteiger partial charge in [0.05, 0.1) is 23.3 Å². The zero-order valence-electron chi connectivity index (χ0n) is 9.89. The molecule has 0 radical (unpaired) electrons. The monoisotopic (exact) mass is 301 g/mol. The van der Waals surface area contributed by atoms with E-state index in [2.05, 4.69) is 43.7 Å². The maximum atomic E-state index is 5.66. The molecule has 4 heteroatoms. The average Bonchev–Trinajstić information content (AvgIpc) is 2.67. The summed E-state index contributed by atoms with van der Waals surface area (Å²) in [6.07, 6.45) is 1.68. The van der Waals surface area contributed by atoms with Gasteiger partial charge in [-0.25, -0.2) is 0 Å². The molecule has 2 N–H and O–H groups in total. The molecule has 0 aliphatic carbocycles. The van der Waals surface area contributed by atoms with Gasteiger partial charge >= 0.3 is 0 Å². The summed E-state index contributed by atoms with van der Waals surface area (Å²) in [6.45, 7) is 0. The van der Waals surface area contributed by atoms with Gasteiger partial charge in [0.25, 0.3) is 0 Å². The molecular weight excluding hydrogens is 290 g/mol. The van der Waals surface area contributed by atoms with E-state index in [-0.39, 0.29) is 0 Å². The number of aryl methyl sites for hydroxylation is 1. The van der Waals surface area contributed by atoms with E-state index in [0.717, 1.165) is 15.9 Å². The Kier molecular flexibility index (Phi) is 2.59. The quantitative estimate of drug-likeness (QED) is 0.746. The number of hydrogen-bond acceptors (Lipinski definition) is 2. The molecule has 0 saturated carbocycles. The van der Waals surface area contributed by atoms with Crippen LogP contribution >= 0.6 is 15.9 Å². The minimum atomic E-state index is 0.681. The molecule has 1 aromatic carbocycles. The molecule has 3 aromatic rings. The first-order chi connectivity index (χ1) is 8.65. The lowest BCUT2D eigenvalue weighted by Crippen LogP contribution is -1.94. The van der Waals surface area contributed by atoms with Gasteiger partial charge < -0.3 is 10.3 Å². The maximum Gasteiger partial charge on any atom is 0.0868 e. The van der Waals surface area contributed by atoms with Crippen LogP contribution in [0.5, 0.6) is 0 Å². The third-order valence-electron chi connectivity index (χ3n) is 3.05. The third kappa shape index (κ3) is 1.78. The van der Waals surface area contributed by atoms with E-state index >= 15 is 0 Å². The molecular formula is C14H12BrN3. The number of anilines is 1. The SMILES string of the molecule is Cn1c(-c2ccc(N)cn2)cc2cc(Br)ccc21. The molecule has 90 valence electrons. The molecule has 0 saturated heterocycles. The Balaban J connectivity index is 2.23. The van der Waals surface area contributed by atoms with Crippen molar-refractivity contribution in [3.63, 3.8) is 0 Å². The number of nitrogens with two attached hydrogens (primary N) is 1. The molecule has 0 spiro atoms. The Labute approximate surface area is 113 Å². The van der Waals surface area contributed by atoms with Crippen molar-refractivity contribution in [2.45, 2.75) is 0 Å². The lowest BCUT2D eigenvalue weighted by Gasteiger charge is -2.03. The van der Waals surface area contributed by atoms with Crippen LogP contribution < -0.4 is 5.73 Å². The zero-order chi connectivity index (χ0) is 12.7. The molecule has 2 heterocycles. The van der Waals surface area contributed by atoms with Crippen molar-refractivity contribution in [3.8, 4) is 11.4 Å². The van der Waals surface area contributed by atoms with Crippen molar-refractivity contribution in [2.75, 3.05) is 5.73 Å². The van der Waals surface area contributed by atoms with E-state index in [4.69, 9.17) is 5.73 Å². The topological polar surface area (TPSA) is 43.8 Å². The molecule has 0 aliphatic rings. The van der Waals surface area contributed by atoms with Crippen LogP contribution in [0.3, 0.4) is 0 Å². The Bertz CT molecular complexity index is 714. The third-order valence-corrected chi connectivity index (χ3v) is 3.55. The average molecular weight is 302 g/mol. The minimum Gasteiger partial charge on any atom is -0.397 e. The number of benzene rings is 1. The number of nitrogen functional groups attached to an aromatic ring is 1. The fourth-order valence-corrected chi connectivity index (χ4v) is 2.50. The van der Waals surface area contributed by atoms with E-state index < -0.39 is 0 Å². The Morgan fingerprint density at radius 3 is 2.72 bits per heavy atom. The first-order valence-corrected chi connectivity index (χ1v) is 6.41. The summed E-state index contributed by atoms with van der Waals surface area (Å²) in [7, 11) is 2.05. The van der Waals surface area contributed by atoms with Crippen molar-refractivity contribution >= 4 is 32.5 Å². The van der Waals surface area contributed by atoms with E-state index in [1.54, 1.807) is 6.20 Å². The lowest BCUT2D eigenvalue weighted by atomic mass is 10.2. The number of hydrogen-bond donors (Lipinski definition) is 1. The fourth-order valence-electron chi connectivity index (χ4n) is 2.12. The van der Waals surface area contributed by atoms with E-state index in [0.29, 0.717) is 5.69 Å². The van der Waals surface area contributed by atoms with E-state index in [9.17, 15) is 0 Å². The molecule has 0 unspecified atom stereocenters. The standard InChI is InChI=1S/C14H12BrN3/c1-18-13-5-2-10(15)6-9(13)7-14(18)12-4-3-11(16)8-17-12/h2-8H,16H2,1H3.